The zero-order chi connectivity index (χ0) is 10.3. The number of aromatic nitrogens is 2. The number of fused-ring (bicyclic) bond motifs is 3. The van der Waals surface area contributed by atoms with Crippen molar-refractivity contribution < 1.29 is 4.42 Å². The zero-order valence-electron chi connectivity index (χ0n) is 7.68. The molecule has 0 fully saturated rings. The third kappa shape index (κ3) is 1.11. The number of rotatable bonds is 0. The average molecular weight is 198 g/mol. The van der Waals surface area contributed by atoms with Crippen molar-refractivity contribution in [1.82, 2.24) is 9.97 Å². The molecule has 0 spiro atoms. The zero-order valence-corrected chi connectivity index (χ0v) is 7.68. The molecule has 2 aliphatic heterocycles. The summed E-state index contributed by atoms with van der Waals surface area (Å²) in [5.74, 6) is 0.421. The fourth-order valence-electron chi connectivity index (χ4n) is 1.63. The van der Waals surface area contributed by atoms with Crippen molar-refractivity contribution in [2.75, 3.05) is 0 Å². The molecule has 72 valence electrons. The minimum Gasteiger partial charge on any atom is -0.453 e. The van der Waals surface area contributed by atoms with Crippen LogP contribution in [0.15, 0.2) is 46.1 Å². The molecule has 0 saturated heterocycles. The molecule has 0 bridgehead atoms. The lowest BCUT2D eigenvalue weighted by Crippen LogP contribution is -2.09. The van der Waals surface area contributed by atoms with Crippen molar-refractivity contribution in [3.05, 3.63) is 47.3 Å². The molecular weight excluding hydrogens is 192 g/mol. The Morgan fingerprint density at radius 3 is 2.80 bits per heavy atom. The Kier molecular flexibility index (Phi) is 1.56. The molecule has 4 heteroatoms. The summed E-state index contributed by atoms with van der Waals surface area (Å²) in [5.41, 5.74) is 0.504. The van der Waals surface area contributed by atoms with Gasteiger partial charge in [0.05, 0.1) is 5.56 Å². The second kappa shape index (κ2) is 2.88. The number of benzene rings is 1. The van der Waals surface area contributed by atoms with Gasteiger partial charge in [-0.2, -0.15) is 9.97 Å². The summed E-state index contributed by atoms with van der Waals surface area (Å²) in [4.78, 5) is 19.4. The van der Waals surface area contributed by atoms with E-state index in [1.807, 2.05) is 18.2 Å². The predicted molar refractivity (Wildman–Crippen MR) is 54.7 cm³/mol. The van der Waals surface area contributed by atoms with E-state index in [0.29, 0.717) is 11.2 Å². The number of hydrogen-bond acceptors (Lipinski definition) is 4. The number of pyridine rings is 1. The lowest BCUT2D eigenvalue weighted by atomic mass is 10.1. The molecule has 0 atom stereocenters. The van der Waals surface area contributed by atoms with Crippen LogP contribution in [-0.4, -0.2) is 9.97 Å². The number of nitrogens with zero attached hydrogens (tertiary/aromatic N) is 2. The molecule has 2 heterocycles. The van der Waals surface area contributed by atoms with Crippen molar-refractivity contribution in [2.24, 2.45) is 0 Å². The van der Waals surface area contributed by atoms with Gasteiger partial charge >= 0.3 is 0 Å². The van der Waals surface area contributed by atoms with Crippen LogP contribution in [0.5, 0.6) is 0 Å². The van der Waals surface area contributed by atoms with Gasteiger partial charge in [-0.25, -0.2) is 0 Å². The topological polar surface area (TPSA) is 56.0 Å². The standard InChI is InChI=1S/C11H6N2O2/c14-11-8-4-2-1-3-7(8)9-5-15-6-12-10(9)13-11/h1-6H. The summed E-state index contributed by atoms with van der Waals surface area (Å²) in [5, 5.41) is 1.41. The van der Waals surface area contributed by atoms with Gasteiger partial charge in [0.15, 0.2) is 12.2 Å². The molecule has 0 saturated carbocycles. The Hall–Kier alpha value is -2.23. The van der Waals surface area contributed by atoms with Crippen LogP contribution in [0.3, 0.4) is 0 Å². The summed E-state index contributed by atoms with van der Waals surface area (Å²) in [6.07, 6.45) is 2.82. The van der Waals surface area contributed by atoms with Crippen molar-refractivity contribution in [1.29, 1.82) is 0 Å². The van der Waals surface area contributed by atoms with Crippen LogP contribution in [0.1, 0.15) is 0 Å². The molecule has 0 aliphatic carbocycles. The van der Waals surface area contributed by atoms with Gasteiger partial charge in [-0.1, -0.05) is 18.2 Å². The van der Waals surface area contributed by atoms with E-state index in [0.717, 1.165) is 10.9 Å². The van der Waals surface area contributed by atoms with Gasteiger partial charge in [0.25, 0.3) is 5.56 Å². The summed E-state index contributed by atoms with van der Waals surface area (Å²) < 4.78 is 4.99. The Morgan fingerprint density at radius 2 is 1.93 bits per heavy atom. The normalized spacial score (nSPS) is 10.9. The van der Waals surface area contributed by atoms with Gasteiger partial charge in [-0.15, -0.1) is 0 Å². The minimum atomic E-state index is -0.253. The van der Waals surface area contributed by atoms with E-state index in [1.54, 1.807) is 12.3 Å². The molecule has 1 aromatic rings. The SMILES string of the molecule is O=c1nc2ncocc-2c2ccccc12. The maximum atomic E-state index is 11.6. The van der Waals surface area contributed by atoms with Crippen LogP contribution in [0.25, 0.3) is 22.2 Å². The highest BCUT2D eigenvalue weighted by molar-refractivity contribution is 5.94. The van der Waals surface area contributed by atoms with Gasteiger partial charge in [0.2, 0.25) is 0 Å². The maximum Gasteiger partial charge on any atom is 0.279 e. The van der Waals surface area contributed by atoms with Crippen LogP contribution < -0.4 is 5.56 Å². The lowest BCUT2D eigenvalue weighted by Gasteiger charge is -2.04. The number of hydrogen-bond donors (Lipinski definition) is 0. The first kappa shape index (κ1) is 8.11. The first-order chi connectivity index (χ1) is 7.36. The highest BCUT2D eigenvalue weighted by Crippen LogP contribution is 2.23. The Labute approximate surface area is 84.6 Å². The van der Waals surface area contributed by atoms with Crippen molar-refractivity contribution in [3.63, 3.8) is 0 Å². The predicted octanol–water partition coefficient (Wildman–Crippen LogP) is 1.69. The van der Waals surface area contributed by atoms with Crippen molar-refractivity contribution in [3.8, 4) is 11.4 Å². The third-order valence-corrected chi connectivity index (χ3v) is 2.32. The fourth-order valence-corrected chi connectivity index (χ4v) is 1.63. The van der Waals surface area contributed by atoms with E-state index < -0.39 is 0 Å². The van der Waals surface area contributed by atoms with E-state index in [4.69, 9.17) is 4.42 Å². The molecule has 0 N–H and O–H groups in total. The summed E-state index contributed by atoms with van der Waals surface area (Å²) in [7, 11) is 0. The van der Waals surface area contributed by atoms with Crippen LogP contribution in [0.4, 0.5) is 0 Å². The molecule has 15 heavy (non-hydrogen) atoms. The van der Waals surface area contributed by atoms with Crippen LogP contribution in [-0.2, 0) is 0 Å². The molecule has 0 aromatic heterocycles. The van der Waals surface area contributed by atoms with Gasteiger partial charge in [-0.3, -0.25) is 4.79 Å². The van der Waals surface area contributed by atoms with Gasteiger partial charge in [0, 0.05) is 10.8 Å². The quantitative estimate of drug-likeness (QED) is 0.516. The highest BCUT2D eigenvalue weighted by atomic mass is 16.3. The lowest BCUT2D eigenvalue weighted by molar-refractivity contribution is 0.528. The molecule has 3 rings (SSSR count). The van der Waals surface area contributed by atoms with Gasteiger partial charge < -0.3 is 4.42 Å². The third-order valence-electron chi connectivity index (χ3n) is 2.32. The van der Waals surface area contributed by atoms with E-state index in [-0.39, 0.29) is 5.56 Å². The van der Waals surface area contributed by atoms with Crippen LogP contribution >= 0.6 is 0 Å². The molecule has 0 amide bonds. The average Bonchev–Trinajstić information content (AvgIpc) is 2.30. The fraction of sp³-hybridized carbons (Fsp3) is 0. The van der Waals surface area contributed by atoms with E-state index in [1.165, 1.54) is 6.39 Å². The Balaban J connectivity index is 2.64. The molecule has 0 radical (unpaired) electrons. The van der Waals surface area contributed by atoms with Crippen molar-refractivity contribution >= 4 is 10.8 Å². The van der Waals surface area contributed by atoms with Crippen LogP contribution in [0.2, 0.25) is 0 Å². The molecule has 1 aromatic carbocycles. The molecule has 2 aliphatic rings. The minimum absolute atomic E-state index is 0.253. The first-order valence-electron chi connectivity index (χ1n) is 4.47. The Morgan fingerprint density at radius 1 is 1.13 bits per heavy atom. The monoisotopic (exact) mass is 198 g/mol. The maximum absolute atomic E-state index is 11.6. The molecule has 4 nitrogen and oxygen atoms in total. The molecular formula is C11H6N2O2. The van der Waals surface area contributed by atoms with Gasteiger partial charge in [0.1, 0.15) is 6.26 Å². The smallest absolute Gasteiger partial charge is 0.279 e. The second-order valence-electron chi connectivity index (χ2n) is 3.19. The van der Waals surface area contributed by atoms with Crippen LogP contribution in [0, 0.1) is 0 Å². The summed E-state index contributed by atoms with van der Waals surface area (Å²) in [6.45, 7) is 0. The highest BCUT2D eigenvalue weighted by Gasteiger charge is 2.11. The molecule has 0 unspecified atom stereocenters. The van der Waals surface area contributed by atoms with Gasteiger partial charge in [-0.05, 0) is 6.07 Å². The summed E-state index contributed by atoms with van der Waals surface area (Å²) in [6, 6.07) is 7.29. The summed E-state index contributed by atoms with van der Waals surface area (Å²) >= 11 is 0. The van der Waals surface area contributed by atoms with E-state index >= 15 is 0 Å². The van der Waals surface area contributed by atoms with E-state index in [9.17, 15) is 4.79 Å². The Bertz CT molecular complexity index is 660. The first-order valence-corrected chi connectivity index (χ1v) is 4.47. The largest absolute Gasteiger partial charge is 0.453 e. The second-order valence-corrected chi connectivity index (χ2v) is 3.19. The van der Waals surface area contributed by atoms with E-state index in [2.05, 4.69) is 9.97 Å². The van der Waals surface area contributed by atoms with Crippen molar-refractivity contribution in [2.45, 2.75) is 0 Å².